The van der Waals surface area contributed by atoms with Crippen LogP contribution in [0.4, 0.5) is 0 Å². The Kier molecular flexibility index (Phi) is 4.18. The number of carbonyl (C=O) groups is 1. The van der Waals surface area contributed by atoms with E-state index in [4.69, 9.17) is 10.5 Å². The lowest BCUT2D eigenvalue weighted by atomic mass is 10.3. The monoisotopic (exact) mass is 186 g/mol. The molecule has 0 spiro atoms. The zero-order chi connectivity index (χ0) is 9.68. The van der Waals surface area contributed by atoms with E-state index in [1.807, 2.05) is 6.92 Å². The fourth-order valence-corrected chi connectivity index (χ4v) is 1.57. The van der Waals surface area contributed by atoms with Crippen LogP contribution in [-0.2, 0) is 9.53 Å². The molecule has 0 heterocycles. The van der Waals surface area contributed by atoms with Crippen LogP contribution in [-0.4, -0.2) is 31.2 Å². The molecular formula is C9H18N2O2. The molecule has 4 heteroatoms. The van der Waals surface area contributed by atoms with E-state index in [9.17, 15) is 4.79 Å². The van der Waals surface area contributed by atoms with E-state index < -0.39 is 0 Å². The molecule has 0 aromatic heterocycles. The van der Waals surface area contributed by atoms with Crippen LogP contribution < -0.4 is 11.1 Å². The molecule has 1 fully saturated rings. The number of hydrogen-bond acceptors (Lipinski definition) is 3. The van der Waals surface area contributed by atoms with Crippen LogP contribution in [0.25, 0.3) is 0 Å². The first-order chi connectivity index (χ1) is 6.22. The van der Waals surface area contributed by atoms with E-state index in [1.165, 1.54) is 0 Å². The van der Waals surface area contributed by atoms with Crippen LogP contribution >= 0.6 is 0 Å². The Morgan fingerprint density at radius 1 is 1.62 bits per heavy atom. The summed E-state index contributed by atoms with van der Waals surface area (Å²) in [6, 6.07) is 0.263. The second-order valence-electron chi connectivity index (χ2n) is 3.46. The molecule has 1 aliphatic rings. The van der Waals surface area contributed by atoms with Crippen molar-refractivity contribution in [3.8, 4) is 0 Å². The molecule has 1 rings (SSSR count). The third-order valence-electron chi connectivity index (χ3n) is 2.25. The number of likely N-dealkylation sites (N-methyl/N-ethyl adjacent to an activating group) is 1. The number of ether oxygens (including phenoxy) is 1. The molecule has 3 N–H and O–H groups in total. The number of nitrogens with two attached hydrogens (primary N) is 1. The van der Waals surface area contributed by atoms with Gasteiger partial charge in [-0.2, -0.15) is 0 Å². The van der Waals surface area contributed by atoms with Gasteiger partial charge in [0.05, 0.1) is 6.10 Å². The number of amides is 1. The molecule has 13 heavy (non-hydrogen) atoms. The van der Waals surface area contributed by atoms with E-state index in [1.54, 1.807) is 0 Å². The second-order valence-corrected chi connectivity index (χ2v) is 3.46. The van der Waals surface area contributed by atoms with E-state index in [0.717, 1.165) is 19.3 Å². The summed E-state index contributed by atoms with van der Waals surface area (Å²) in [5, 5.41) is 2.69. The zero-order valence-corrected chi connectivity index (χ0v) is 8.08. The standard InChI is InChI=1S/C9H18N2O2/c1-2-11-9(12)6-13-8-4-3-7(10)5-8/h7-8H,2-6,10H2,1H3,(H,11,12). The van der Waals surface area contributed by atoms with Crippen molar-refractivity contribution in [2.75, 3.05) is 13.2 Å². The van der Waals surface area contributed by atoms with Gasteiger partial charge in [-0.3, -0.25) is 4.79 Å². The predicted molar refractivity (Wildman–Crippen MR) is 50.3 cm³/mol. The Labute approximate surface area is 78.8 Å². The highest BCUT2D eigenvalue weighted by Crippen LogP contribution is 2.19. The highest BCUT2D eigenvalue weighted by Gasteiger charge is 2.22. The van der Waals surface area contributed by atoms with Gasteiger partial charge in [0.1, 0.15) is 6.61 Å². The van der Waals surface area contributed by atoms with Crippen LogP contribution in [0, 0.1) is 0 Å². The minimum absolute atomic E-state index is 0.0389. The molecule has 1 aliphatic carbocycles. The van der Waals surface area contributed by atoms with Crippen molar-refractivity contribution in [1.82, 2.24) is 5.32 Å². The summed E-state index contributed by atoms with van der Waals surface area (Å²) < 4.78 is 5.40. The summed E-state index contributed by atoms with van der Waals surface area (Å²) in [6.07, 6.45) is 3.08. The molecule has 2 atom stereocenters. The first-order valence-electron chi connectivity index (χ1n) is 4.86. The predicted octanol–water partition coefficient (Wildman–Crippen LogP) is 0.0189. The van der Waals surface area contributed by atoms with Crippen molar-refractivity contribution in [3.05, 3.63) is 0 Å². The van der Waals surface area contributed by atoms with E-state index in [-0.39, 0.29) is 24.7 Å². The van der Waals surface area contributed by atoms with Gasteiger partial charge in [0.25, 0.3) is 0 Å². The van der Waals surface area contributed by atoms with Crippen LogP contribution in [0.5, 0.6) is 0 Å². The Hall–Kier alpha value is -0.610. The first kappa shape index (κ1) is 10.5. The van der Waals surface area contributed by atoms with Crippen molar-refractivity contribution in [3.63, 3.8) is 0 Å². The fraction of sp³-hybridized carbons (Fsp3) is 0.889. The third kappa shape index (κ3) is 3.74. The van der Waals surface area contributed by atoms with Gasteiger partial charge in [-0.1, -0.05) is 0 Å². The van der Waals surface area contributed by atoms with Crippen molar-refractivity contribution in [1.29, 1.82) is 0 Å². The number of nitrogens with one attached hydrogen (secondary N) is 1. The molecule has 0 aromatic rings. The van der Waals surface area contributed by atoms with Gasteiger partial charge < -0.3 is 15.8 Å². The lowest BCUT2D eigenvalue weighted by Gasteiger charge is -2.10. The van der Waals surface area contributed by atoms with Crippen LogP contribution in [0.15, 0.2) is 0 Å². The Bertz CT molecular complexity index is 173. The molecule has 1 saturated carbocycles. The zero-order valence-electron chi connectivity index (χ0n) is 8.08. The molecule has 0 aromatic carbocycles. The summed E-state index contributed by atoms with van der Waals surface area (Å²) >= 11 is 0. The quantitative estimate of drug-likeness (QED) is 0.650. The highest BCUT2D eigenvalue weighted by molar-refractivity contribution is 5.77. The maximum absolute atomic E-state index is 11.0. The largest absolute Gasteiger partial charge is 0.368 e. The molecule has 0 radical (unpaired) electrons. The second kappa shape index (κ2) is 5.19. The lowest BCUT2D eigenvalue weighted by Crippen LogP contribution is -2.29. The van der Waals surface area contributed by atoms with Gasteiger partial charge in [0, 0.05) is 12.6 Å². The molecule has 0 bridgehead atoms. The van der Waals surface area contributed by atoms with Crippen LogP contribution in [0.3, 0.4) is 0 Å². The van der Waals surface area contributed by atoms with Crippen molar-refractivity contribution in [2.24, 2.45) is 5.73 Å². The lowest BCUT2D eigenvalue weighted by molar-refractivity contribution is -0.127. The van der Waals surface area contributed by atoms with Gasteiger partial charge in [0.15, 0.2) is 0 Å². The van der Waals surface area contributed by atoms with Gasteiger partial charge in [0.2, 0.25) is 5.91 Å². The maximum Gasteiger partial charge on any atom is 0.246 e. The van der Waals surface area contributed by atoms with Crippen LogP contribution in [0.1, 0.15) is 26.2 Å². The third-order valence-corrected chi connectivity index (χ3v) is 2.25. The summed E-state index contributed by atoms with van der Waals surface area (Å²) in [6.45, 7) is 2.72. The summed E-state index contributed by atoms with van der Waals surface area (Å²) in [4.78, 5) is 11.0. The van der Waals surface area contributed by atoms with Crippen molar-refractivity contribution in [2.45, 2.75) is 38.3 Å². The van der Waals surface area contributed by atoms with E-state index >= 15 is 0 Å². The number of hydrogen-bond donors (Lipinski definition) is 2. The van der Waals surface area contributed by atoms with Gasteiger partial charge in [-0.05, 0) is 26.2 Å². The molecule has 76 valence electrons. The highest BCUT2D eigenvalue weighted by atomic mass is 16.5. The average Bonchev–Trinajstić information content (AvgIpc) is 2.49. The van der Waals surface area contributed by atoms with Crippen molar-refractivity contribution >= 4 is 5.91 Å². The van der Waals surface area contributed by atoms with Gasteiger partial charge in [-0.15, -0.1) is 0 Å². The Morgan fingerprint density at radius 2 is 2.38 bits per heavy atom. The van der Waals surface area contributed by atoms with Gasteiger partial charge >= 0.3 is 0 Å². The molecule has 2 unspecified atom stereocenters. The summed E-state index contributed by atoms with van der Waals surface area (Å²) in [5.74, 6) is -0.0389. The summed E-state index contributed by atoms with van der Waals surface area (Å²) in [5.41, 5.74) is 5.71. The van der Waals surface area contributed by atoms with E-state index in [2.05, 4.69) is 5.32 Å². The smallest absolute Gasteiger partial charge is 0.246 e. The topological polar surface area (TPSA) is 64.3 Å². The molecular weight excluding hydrogens is 168 g/mol. The molecule has 4 nitrogen and oxygen atoms in total. The molecule has 0 aliphatic heterocycles. The fourth-order valence-electron chi connectivity index (χ4n) is 1.57. The minimum Gasteiger partial charge on any atom is -0.368 e. The van der Waals surface area contributed by atoms with Crippen LogP contribution in [0.2, 0.25) is 0 Å². The SMILES string of the molecule is CCNC(=O)COC1CCC(N)C1. The number of rotatable bonds is 4. The minimum atomic E-state index is -0.0389. The summed E-state index contributed by atoms with van der Waals surface area (Å²) in [7, 11) is 0. The van der Waals surface area contributed by atoms with E-state index in [0.29, 0.717) is 6.54 Å². The Morgan fingerprint density at radius 3 is 2.92 bits per heavy atom. The molecule has 0 saturated heterocycles. The molecule has 1 amide bonds. The van der Waals surface area contributed by atoms with Gasteiger partial charge in [-0.25, -0.2) is 0 Å². The maximum atomic E-state index is 11.0. The first-order valence-corrected chi connectivity index (χ1v) is 4.86. The number of carbonyl (C=O) groups excluding carboxylic acids is 1. The Balaban J connectivity index is 2.09. The van der Waals surface area contributed by atoms with Crippen molar-refractivity contribution < 1.29 is 9.53 Å². The normalized spacial score (nSPS) is 27.5. The average molecular weight is 186 g/mol.